The minimum absolute atomic E-state index is 0. The molecule has 0 aliphatic carbocycles. The van der Waals surface area contributed by atoms with E-state index in [0.29, 0.717) is 24.2 Å². The predicted octanol–water partition coefficient (Wildman–Crippen LogP) is 2.93. The molecule has 2 unspecified atom stereocenters. The third-order valence-electron chi connectivity index (χ3n) is 2.88. The summed E-state index contributed by atoms with van der Waals surface area (Å²) in [7, 11) is 0. The maximum absolute atomic E-state index is 13.7. The topological polar surface area (TPSA) is 52.0 Å². The van der Waals surface area contributed by atoms with Crippen LogP contribution in [0.4, 0.5) is 8.78 Å². The number of halogens is 4. The highest BCUT2D eigenvalue weighted by atomic mass is 35.5. The number of rotatable bonds is 4. The Morgan fingerprint density at radius 1 is 0.889 bits per heavy atom. The van der Waals surface area contributed by atoms with E-state index in [-0.39, 0.29) is 36.6 Å². The molecule has 18 heavy (non-hydrogen) atoms. The molecule has 0 amide bonds. The highest BCUT2D eigenvalue weighted by molar-refractivity contribution is 5.85. The van der Waals surface area contributed by atoms with E-state index < -0.39 is 11.6 Å². The molecule has 1 aromatic carbocycles. The minimum Gasteiger partial charge on any atom is -0.330 e. The quantitative estimate of drug-likeness (QED) is 0.898. The molecule has 2 atom stereocenters. The van der Waals surface area contributed by atoms with Gasteiger partial charge in [0.25, 0.3) is 0 Å². The van der Waals surface area contributed by atoms with Crippen molar-refractivity contribution in [2.24, 2.45) is 11.5 Å². The van der Waals surface area contributed by atoms with Crippen molar-refractivity contribution < 1.29 is 8.78 Å². The van der Waals surface area contributed by atoms with Crippen LogP contribution in [0.2, 0.25) is 0 Å². The Kier molecular flexibility index (Phi) is 9.56. The van der Waals surface area contributed by atoms with Crippen LogP contribution in [0.3, 0.4) is 0 Å². The van der Waals surface area contributed by atoms with E-state index in [2.05, 4.69) is 0 Å². The molecule has 0 saturated heterocycles. The summed E-state index contributed by atoms with van der Waals surface area (Å²) in [6.45, 7) is 4.12. The monoisotopic (exact) mass is 300 g/mol. The molecule has 0 saturated carbocycles. The van der Waals surface area contributed by atoms with Gasteiger partial charge in [0.2, 0.25) is 0 Å². The van der Waals surface area contributed by atoms with Crippen LogP contribution in [0.1, 0.15) is 36.8 Å². The fraction of sp³-hybridized carbons (Fsp3) is 0.500. The lowest BCUT2D eigenvalue weighted by atomic mass is 9.94. The van der Waals surface area contributed by atoms with E-state index in [0.717, 1.165) is 0 Å². The van der Waals surface area contributed by atoms with Gasteiger partial charge >= 0.3 is 0 Å². The summed E-state index contributed by atoms with van der Waals surface area (Å²) >= 11 is 0. The number of nitrogens with two attached hydrogens (primary N) is 2. The summed E-state index contributed by atoms with van der Waals surface area (Å²) in [6.07, 6.45) is 0. The lowest BCUT2D eigenvalue weighted by molar-refractivity contribution is 0.548. The number of benzene rings is 1. The summed E-state index contributed by atoms with van der Waals surface area (Å²) in [4.78, 5) is 0. The van der Waals surface area contributed by atoms with Crippen molar-refractivity contribution in [1.82, 2.24) is 0 Å². The normalized spacial score (nSPS) is 13.2. The molecule has 4 N–H and O–H groups in total. The first-order valence-corrected chi connectivity index (χ1v) is 5.40. The molecular formula is C12H20Cl2F2N2. The van der Waals surface area contributed by atoms with Crippen molar-refractivity contribution in [3.63, 3.8) is 0 Å². The third kappa shape index (κ3) is 4.35. The van der Waals surface area contributed by atoms with Crippen LogP contribution < -0.4 is 11.5 Å². The summed E-state index contributed by atoms with van der Waals surface area (Å²) in [5.74, 6) is -1.18. The Morgan fingerprint density at radius 3 is 1.39 bits per heavy atom. The third-order valence-corrected chi connectivity index (χ3v) is 2.88. The first-order chi connectivity index (χ1) is 7.51. The van der Waals surface area contributed by atoms with E-state index in [1.807, 2.05) is 0 Å². The standard InChI is InChI=1S/C12H18F2N2.2ClH/c1-7(5-15)9-3-12(14)10(4-11(9)13)8(2)6-16;;/h3-4,7-8H,5-6,15-16H2,1-2H3;2*1H. The van der Waals surface area contributed by atoms with Crippen LogP contribution in [0.25, 0.3) is 0 Å². The van der Waals surface area contributed by atoms with Crippen LogP contribution in [-0.4, -0.2) is 13.1 Å². The van der Waals surface area contributed by atoms with Gasteiger partial charge in [-0.2, -0.15) is 0 Å². The Morgan fingerprint density at radius 2 is 1.17 bits per heavy atom. The number of hydrogen-bond acceptors (Lipinski definition) is 2. The van der Waals surface area contributed by atoms with E-state index in [1.54, 1.807) is 13.8 Å². The van der Waals surface area contributed by atoms with Gasteiger partial charge in [-0.15, -0.1) is 24.8 Å². The van der Waals surface area contributed by atoms with Crippen LogP contribution in [0.15, 0.2) is 12.1 Å². The van der Waals surface area contributed by atoms with Gasteiger partial charge in [-0.25, -0.2) is 8.78 Å². The van der Waals surface area contributed by atoms with Crippen molar-refractivity contribution in [2.45, 2.75) is 25.7 Å². The highest BCUT2D eigenvalue weighted by Crippen LogP contribution is 2.25. The second-order valence-corrected chi connectivity index (χ2v) is 4.17. The zero-order valence-electron chi connectivity index (χ0n) is 10.5. The Hall–Kier alpha value is -0.420. The SMILES string of the molecule is CC(CN)c1cc(F)c(C(C)CN)cc1F.Cl.Cl. The molecular weight excluding hydrogens is 281 g/mol. The summed E-state index contributed by atoms with van der Waals surface area (Å²) in [5, 5.41) is 0. The van der Waals surface area contributed by atoms with Gasteiger partial charge in [0, 0.05) is 0 Å². The molecule has 0 aromatic heterocycles. The lowest BCUT2D eigenvalue weighted by Crippen LogP contribution is -2.14. The second kappa shape index (κ2) is 8.64. The molecule has 2 nitrogen and oxygen atoms in total. The van der Waals surface area contributed by atoms with Gasteiger partial charge in [-0.3, -0.25) is 0 Å². The molecule has 0 heterocycles. The molecule has 6 heteroatoms. The molecule has 0 aliphatic rings. The fourth-order valence-electron chi connectivity index (χ4n) is 1.59. The maximum Gasteiger partial charge on any atom is 0.127 e. The zero-order valence-corrected chi connectivity index (χ0v) is 12.1. The summed E-state index contributed by atoms with van der Waals surface area (Å²) in [6, 6.07) is 2.46. The van der Waals surface area contributed by atoms with Crippen LogP contribution in [0, 0.1) is 11.6 Å². The van der Waals surface area contributed by atoms with E-state index in [4.69, 9.17) is 11.5 Å². The van der Waals surface area contributed by atoms with Crippen molar-refractivity contribution in [3.8, 4) is 0 Å². The Balaban J connectivity index is 0. The molecule has 0 aliphatic heterocycles. The van der Waals surface area contributed by atoms with E-state index >= 15 is 0 Å². The van der Waals surface area contributed by atoms with Gasteiger partial charge in [-0.1, -0.05) is 13.8 Å². The zero-order chi connectivity index (χ0) is 12.3. The molecule has 0 bridgehead atoms. The van der Waals surface area contributed by atoms with Crippen LogP contribution in [0.5, 0.6) is 0 Å². The minimum atomic E-state index is -0.408. The average molecular weight is 301 g/mol. The molecule has 0 fully saturated rings. The first kappa shape index (κ1) is 19.9. The van der Waals surface area contributed by atoms with Crippen molar-refractivity contribution in [3.05, 3.63) is 34.9 Å². The first-order valence-electron chi connectivity index (χ1n) is 5.40. The Labute approximate surface area is 119 Å². The molecule has 1 aromatic rings. The predicted molar refractivity (Wildman–Crippen MR) is 75.8 cm³/mol. The largest absolute Gasteiger partial charge is 0.330 e. The van der Waals surface area contributed by atoms with E-state index in [1.165, 1.54) is 12.1 Å². The highest BCUT2D eigenvalue weighted by Gasteiger charge is 2.16. The van der Waals surface area contributed by atoms with Crippen LogP contribution in [-0.2, 0) is 0 Å². The second-order valence-electron chi connectivity index (χ2n) is 4.17. The van der Waals surface area contributed by atoms with Gasteiger partial charge in [0.05, 0.1) is 0 Å². The summed E-state index contributed by atoms with van der Waals surface area (Å²) in [5.41, 5.74) is 11.5. The average Bonchev–Trinajstić information content (AvgIpc) is 2.29. The molecule has 106 valence electrons. The van der Waals surface area contributed by atoms with Gasteiger partial charge in [0.1, 0.15) is 11.6 Å². The van der Waals surface area contributed by atoms with Crippen molar-refractivity contribution in [1.29, 1.82) is 0 Å². The van der Waals surface area contributed by atoms with Crippen molar-refractivity contribution in [2.75, 3.05) is 13.1 Å². The smallest absolute Gasteiger partial charge is 0.127 e. The van der Waals surface area contributed by atoms with Gasteiger partial charge in [-0.05, 0) is 48.2 Å². The van der Waals surface area contributed by atoms with Gasteiger partial charge in [0.15, 0.2) is 0 Å². The number of hydrogen-bond donors (Lipinski definition) is 2. The molecule has 0 spiro atoms. The van der Waals surface area contributed by atoms with E-state index in [9.17, 15) is 8.78 Å². The molecule has 1 rings (SSSR count). The fourth-order valence-corrected chi connectivity index (χ4v) is 1.59. The van der Waals surface area contributed by atoms with Crippen molar-refractivity contribution >= 4 is 24.8 Å². The summed E-state index contributed by atoms with van der Waals surface area (Å²) < 4.78 is 27.4. The lowest BCUT2D eigenvalue weighted by Gasteiger charge is -2.15. The van der Waals surface area contributed by atoms with Crippen LogP contribution >= 0.6 is 24.8 Å². The van der Waals surface area contributed by atoms with Gasteiger partial charge < -0.3 is 11.5 Å². The maximum atomic E-state index is 13.7. The molecule has 0 radical (unpaired) electrons. The Bertz CT molecular complexity index is 340.